The lowest BCUT2D eigenvalue weighted by atomic mass is 10.1. The zero-order valence-corrected chi connectivity index (χ0v) is 14.6. The van der Waals surface area contributed by atoms with Gasteiger partial charge in [-0.3, -0.25) is 4.98 Å². The number of para-hydroxylation sites is 2. The largest absolute Gasteiger partial charge is 0.337 e. The van der Waals surface area contributed by atoms with E-state index in [1.54, 1.807) is 12.4 Å². The van der Waals surface area contributed by atoms with Gasteiger partial charge in [0.2, 0.25) is 0 Å². The van der Waals surface area contributed by atoms with Gasteiger partial charge in [0.15, 0.2) is 0 Å². The van der Waals surface area contributed by atoms with E-state index in [1.165, 1.54) is 0 Å². The molecule has 0 amide bonds. The van der Waals surface area contributed by atoms with Crippen LogP contribution in [0.4, 0.5) is 0 Å². The van der Waals surface area contributed by atoms with Crippen molar-refractivity contribution in [2.75, 3.05) is 0 Å². The minimum absolute atomic E-state index is 0.510. The molecule has 5 heteroatoms. The molecule has 0 saturated heterocycles. The van der Waals surface area contributed by atoms with Crippen molar-refractivity contribution in [2.45, 2.75) is 13.8 Å². The number of imidazole rings is 1. The Morgan fingerprint density at radius 3 is 2.65 bits per heavy atom. The summed E-state index contributed by atoms with van der Waals surface area (Å²) < 4.78 is 2.15. The predicted octanol–water partition coefficient (Wildman–Crippen LogP) is 4.43. The number of rotatable bonds is 3. The van der Waals surface area contributed by atoms with Crippen molar-refractivity contribution in [3.8, 4) is 11.8 Å². The molecule has 0 aliphatic rings. The van der Waals surface area contributed by atoms with Crippen LogP contribution in [0.3, 0.4) is 0 Å². The molecule has 1 aromatic carbocycles. The Morgan fingerprint density at radius 1 is 1.15 bits per heavy atom. The molecule has 3 heterocycles. The van der Waals surface area contributed by atoms with Crippen LogP contribution in [0.5, 0.6) is 0 Å². The number of hydrogen-bond donors (Lipinski definition) is 1. The van der Waals surface area contributed by atoms with Crippen molar-refractivity contribution in [1.82, 2.24) is 19.5 Å². The van der Waals surface area contributed by atoms with Crippen LogP contribution in [0, 0.1) is 25.2 Å². The number of H-pyrrole nitrogens is 1. The number of aromatic nitrogens is 4. The van der Waals surface area contributed by atoms with Gasteiger partial charge in [0.05, 0.1) is 16.6 Å². The minimum Gasteiger partial charge on any atom is -0.337 e. The Kier molecular flexibility index (Phi) is 3.86. The predicted molar refractivity (Wildman–Crippen MR) is 103 cm³/mol. The molecule has 126 valence electrons. The highest BCUT2D eigenvalue weighted by Crippen LogP contribution is 2.25. The second-order valence-electron chi connectivity index (χ2n) is 6.14. The molecule has 0 unspecified atom stereocenters. The normalized spacial score (nSPS) is 11.7. The molecular formula is C21H17N5. The van der Waals surface area contributed by atoms with Gasteiger partial charge >= 0.3 is 0 Å². The molecule has 0 aliphatic carbocycles. The Balaban J connectivity index is 1.81. The number of nitriles is 1. The van der Waals surface area contributed by atoms with E-state index in [0.717, 1.165) is 33.7 Å². The lowest BCUT2D eigenvalue weighted by molar-refractivity contribution is 0.960. The van der Waals surface area contributed by atoms with Crippen molar-refractivity contribution in [3.63, 3.8) is 0 Å². The zero-order chi connectivity index (χ0) is 18.1. The first kappa shape index (κ1) is 15.9. The van der Waals surface area contributed by atoms with E-state index in [-0.39, 0.29) is 0 Å². The summed E-state index contributed by atoms with van der Waals surface area (Å²) in [6, 6.07) is 16.1. The third-order valence-corrected chi connectivity index (χ3v) is 4.46. The van der Waals surface area contributed by atoms with E-state index in [0.29, 0.717) is 11.4 Å². The number of allylic oxidation sites excluding steroid dienone is 1. The second kappa shape index (κ2) is 6.34. The number of aromatic amines is 1. The van der Waals surface area contributed by atoms with Gasteiger partial charge in [0.1, 0.15) is 11.9 Å². The van der Waals surface area contributed by atoms with Crippen LogP contribution in [-0.2, 0) is 0 Å². The number of hydrogen-bond acceptors (Lipinski definition) is 3. The number of pyridine rings is 1. The summed E-state index contributed by atoms with van der Waals surface area (Å²) in [6.45, 7) is 4.10. The molecule has 0 bridgehead atoms. The third-order valence-electron chi connectivity index (χ3n) is 4.46. The van der Waals surface area contributed by atoms with E-state index in [2.05, 4.69) is 38.6 Å². The highest BCUT2D eigenvalue weighted by atomic mass is 15.0. The Hall–Kier alpha value is -3.65. The van der Waals surface area contributed by atoms with E-state index in [4.69, 9.17) is 0 Å². The van der Waals surface area contributed by atoms with Crippen molar-refractivity contribution < 1.29 is 0 Å². The fourth-order valence-electron chi connectivity index (χ4n) is 3.21. The highest BCUT2D eigenvalue weighted by Gasteiger charge is 2.12. The maximum atomic E-state index is 9.66. The lowest BCUT2D eigenvalue weighted by Gasteiger charge is -2.08. The number of nitrogens with zero attached hydrogens (tertiary/aromatic N) is 4. The van der Waals surface area contributed by atoms with Crippen LogP contribution >= 0.6 is 0 Å². The smallest absolute Gasteiger partial charge is 0.149 e. The summed E-state index contributed by atoms with van der Waals surface area (Å²) in [5.41, 5.74) is 6.50. The molecule has 1 N–H and O–H groups in total. The van der Waals surface area contributed by atoms with Crippen LogP contribution in [0.2, 0.25) is 0 Å². The fraction of sp³-hybridized carbons (Fsp3) is 0.0952. The molecular weight excluding hydrogens is 322 g/mol. The SMILES string of the molecule is Cc1cc(C=C(C#N)c2nc3ccccc3[nH]2)c(C)n1-c1ccncc1. The maximum absolute atomic E-state index is 9.66. The average molecular weight is 339 g/mol. The van der Waals surface area contributed by atoms with Gasteiger partial charge in [-0.25, -0.2) is 4.98 Å². The number of benzene rings is 1. The average Bonchev–Trinajstić information content (AvgIpc) is 3.21. The highest BCUT2D eigenvalue weighted by molar-refractivity contribution is 5.90. The van der Waals surface area contributed by atoms with Crippen LogP contribution in [-0.4, -0.2) is 19.5 Å². The molecule has 4 rings (SSSR count). The van der Waals surface area contributed by atoms with E-state index >= 15 is 0 Å². The molecule has 0 aliphatic heterocycles. The summed E-state index contributed by atoms with van der Waals surface area (Å²) in [6.07, 6.45) is 5.44. The molecule has 0 fully saturated rings. The Bertz CT molecular complexity index is 1120. The van der Waals surface area contributed by atoms with E-state index in [9.17, 15) is 5.26 Å². The molecule has 0 saturated carbocycles. The van der Waals surface area contributed by atoms with Crippen molar-refractivity contribution in [3.05, 3.63) is 77.6 Å². The van der Waals surface area contributed by atoms with Crippen molar-refractivity contribution in [2.24, 2.45) is 0 Å². The summed E-state index contributed by atoms with van der Waals surface area (Å²) in [5.74, 6) is 0.586. The molecule has 5 nitrogen and oxygen atoms in total. The lowest BCUT2D eigenvalue weighted by Crippen LogP contribution is -1.98. The monoisotopic (exact) mass is 339 g/mol. The van der Waals surface area contributed by atoms with Gasteiger partial charge in [0.25, 0.3) is 0 Å². The van der Waals surface area contributed by atoms with Crippen molar-refractivity contribution in [1.29, 1.82) is 5.26 Å². The fourth-order valence-corrected chi connectivity index (χ4v) is 3.21. The first-order chi connectivity index (χ1) is 12.7. The second-order valence-corrected chi connectivity index (χ2v) is 6.14. The van der Waals surface area contributed by atoms with Crippen LogP contribution < -0.4 is 0 Å². The molecule has 0 spiro atoms. The summed E-state index contributed by atoms with van der Waals surface area (Å²) in [7, 11) is 0. The van der Waals surface area contributed by atoms with Gasteiger partial charge < -0.3 is 9.55 Å². The van der Waals surface area contributed by atoms with E-state index in [1.807, 2.05) is 49.4 Å². The minimum atomic E-state index is 0.510. The standard InChI is InChI=1S/C21H17N5/c1-14-11-16(15(2)26(14)18-7-9-23-10-8-18)12-17(13-22)21-24-19-5-3-4-6-20(19)25-21/h3-12H,1-2H3,(H,24,25). The first-order valence-corrected chi connectivity index (χ1v) is 8.33. The van der Waals surface area contributed by atoms with E-state index < -0.39 is 0 Å². The van der Waals surface area contributed by atoms with Crippen molar-refractivity contribution >= 4 is 22.7 Å². The summed E-state index contributed by atoms with van der Waals surface area (Å²) in [4.78, 5) is 11.8. The molecule has 26 heavy (non-hydrogen) atoms. The molecule has 0 radical (unpaired) electrons. The van der Waals surface area contributed by atoms with Crippen LogP contribution in [0.1, 0.15) is 22.8 Å². The zero-order valence-electron chi connectivity index (χ0n) is 14.6. The topological polar surface area (TPSA) is 70.3 Å². The Morgan fingerprint density at radius 2 is 1.92 bits per heavy atom. The van der Waals surface area contributed by atoms with Crippen LogP contribution in [0.25, 0.3) is 28.4 Å². The van der Waals surface area contributed by atoms with Gasteiger partial charge in [0, 0.05) is 29.5 Å². The molecule has 3 aromatic heterocycles. The molecule has 4 aromatic rings. The van der Waals surface area contributed by atoms with Gasteiger partial charge in [-0.05, 0) is 55.8 Å². The summed E-state index contributed by atoms with van der Waals surface area (Å²) in [5, 5.41) is 9.66. The number of fused-ring (bicyclic) bond motifs is 1. The maximum Gasteiger partial charge on any atom is 0.149 e. The Labute approximate surface area is 151 Å². The number of nitrogens with one attached hydrogen (secondary N) is 1. The van der Waals surface area contributed by atoms with Crippen LogP contribution in [0.15, 0.2) is 54.9 Å². The quantitative estimate of drug-likeness (QED) is 0.561. The molecule has 0 atom stereocenters. The van der Waals surface area contributed by atoms with Gasteiger partial charge in [-0.1, -0.05) is 12.1 Å². The van der Waals surface area contributed by atoms with Gasteiger partial charge in [-0.15, -0.1) is 0 Å². The third kappa shape index (κ3) is 2.68. The van der Waals surface area contributed by atoms with Gasteiger partial charge in [-0.2, -0.15) is 5.26 Å². The first-order valence-electron chi connectivity index (χ1n) is 8.33. The summed E-state index contributed by atoms with van der Waals surface area (Å²) >= 11 is 0. The number of aryl methyl sites for hydroxylation is 1.